The highest BCUT2D eigenvalue weighted by Gasteiger charge is 2.20. The van der Waals surface area contributed by atoms with E-state index in [0.717, 1.165) is 19.3 Å². The van der Waals surface area contributed by atoms with Crippen LogP contribution in [0.4, 0.5) is 0 Å². The molecule has 2 N–H and O–H groups in total. The second-order valence-electron chi connectivity index (χ2n) is 5.78. The Morgan fingerprint density at radius 1 is 1.55 bits per heavy atom. The maximum absolute atomic E-state index is 12.0. The number of aromatic nitrogens is 2. The number of hydrogen-bond acceptors (Lipinski definition) is 3. The lowest BCUT2D eigenvalue weighted by atomic mass is 10.0. The smallest absolute Gasteiger partial charge is 0.271 e. The highest BCUT2D eigenvalue weighted by molar-refractivity contribution is 5.92. The normalized spacial score (nSPS) is 18.9. The molecule has 2 rings (SSSR count). The number of amides is 1. The number of hydrogen-bond donors (Lipinski definition) is 2. The summed E-state index contributed by atoms with van der Waals surface area (Å²) in [6, 6.07) is 2.20. The standard InChI is InChI=1S/C15H25N3O2/c1-3-11(2)14(19)10-16-15(20)13-8-9-18(17-13)12-6-4-5-7-12/h8-9,11-12,14,19H,3-7,10H2,1-2H3,(H,16,20). The summed E-state index contributed by atoms with van der Waals surface area (Å²) in [4.78, 5) is 12.0. The molecule has 5 heteroatoms. The molecule has 2 unspecified atom stereocenters. The van der Waals surface area contributed by atoms with Gasteiger partial charge in [-0.15, -0.1) is 0 Å². The van der Waals surface area contributed by atoms with Crippen molar-refractivity contribution in [1.29, 1.82) is 0 Å². The fraction of sp³-hybridized carbons (Fsp3) is 0.733. The van der Waals surface area contributed by atoms with Crippen molar-refractivity contribution in [3.05, 3.63) is 18.0 Å². The second kappa shape index (κ2) is 6.88. The van der Waals surface area contributed by atoms with E-state index in [4.69, 9.17) is 0 Å². The van der Waals surface area contributed by atoms with Crippen LogP contribution in [-0.2, 0) is 0 Å². The molecule has 1 saturated carbocycles. The van der Waals surface area contributed by atoms with Crippen molar-refractivity contribution in [3.63, 3.8) is 0 Å². The molecule has 0 bridgehead atoms. The first-order chi connectivity index (χ1) is 9.61. The van der Waals surface area contributed by atoms with Crippen LogP contribution in [0.25, 0.3) is 0 Å². The molecule has 1 amide bonds. The molecular weight excluding hydrogens is 254 g/mol. The number of nitrogens with zero attached hydrogens (tertiary/aromatic N) is 2. The third-order valence-electron chi connectivity index (χ3n) is 4.31. The zero-order chi connectivity index (χ0) is 14.5. The predicted octanol–water partition coefficient (Wildman–Crippen LogP) is 2.13. The SMILES string of the molecule is CCC(C)C(O)CNC(=O)c1ccn(C2CCCC2)n1. The van der Waals surface area contributed by atoms with Crippen LogP contribution in [0.15, 0.2) is 12.3 Å². The first kappa shape index (κ1) is 15.0. The van der Waals surface area contributed by atoms with Crippen molar-refractivity contribution in [3.8, 4) is 0 Å². The van der Waals surface area contributed by atoms with Crippen LogP contribution in [0.1, 0.15) is 62.5 Å². The third-order valence-corrected chi connectivity index (χ3v) is 4.31. The number of aliphatic hydroxyl groups excluding tert-OH is 1. The van der Waals surface area contributed by atoms with Crippen molar-refractivity contribution in [1.82, 2.24) is 15.1 Å². The molecule has 2 atom stereocenters. The summed E-state index contributed by atoms with van der Waals surface area (Å²) in [7, 11) is 0. The Morgan fingerprint density at radius 3 is 2.90 bits per heavy atom. The molecule has 1 aliphatic carbocycles. The van der Waals surface area contributed by atoms with Crippen LogP contribution in [0.5, 0.6) is 0 Å². The highest BCUT2D eigenvalue weighted by atomic mass is 16.3. The van der Waals surface area contributed by atoms with Crippen LogP contribution in [0, 0.1) is 5.92 Å². The van der Waals surface area contributed by atoms with E-state index in [0.29, 0.717) is 11.7 Å². The fourth-order valence-electron chi connectivity index (χ4n) is 2.59. The predicted molar refractivity (Wildman–Crippen MR) is 77.5 cm³/mol. The van der Waals surface area contributed by atoms with Gasteiger partial charge in [-0.3, -0.25) is 9.48 Å². The van der Waals surface area contributed by atoms with Gasteiger partial charge in [0.2, 0.25) is 0 Å². The molecule has 1 aliphatic rings. The summed E-state index contributed by atoms with van der Waals surface area (Å²) in [5.41, 5.74) is 0.438. The van der Waals surface area contributed by atoms with E-state index >= 15 is 0 Å². The Kier molecular flexibility index (Phi) is 5.17. The van der Waals surface area contributed by atoms with Gasteiger partial charge in [-0.25, -0.2) is 0 Å². The molecule has 20 heavy (non-hydrogen) atoms. The molecule has 1 aromatic rings. The van der Waals surface area contributed by atoms with E-state index < -0.39 is 6.10 Å². The first-order valence-corrected chi connectivity index (χ1v) is 7.63. The quantitative estimate of drug-likeness (QED) is 0.838. The lowest BCUT2D eigenvalue weighted by Gasteiger charge is -2.17. The Morgan fingerprint density at radius 2 is 2.25 bits per heavy atom. The zero-order valence-corrected chi connectivity index (χ0v) is 12.4. The number of carbonyl (C=O) groups excluding carboxylic acids is 1. The summed E-state index contributed by atoms with van der Waals surface area (Å²) in [6.45, 7) is 4.29. The van der Waals surface area contributed by atoms with E-state index in [-0.39, 0.29) is 18.4 Å². The van der Waals surface area contributed by atoms with Crippen molar-refractivity contribution in [2.45, 2.75) is 58.1 Å². The number of nitrogens with one attached hydrogen (secondary N) is 1. The summed E-state index contributed by atoms with van der Waals surface area (Å²) < 4.78 is 1.91. The number of carbonyl (C=O) groups is 1. The van der Waals surface area contributed by atoms with E-state index in [1.165, 1.54) is 12.8 Å². The van der Waals surface area contributed by atoms with Gasteiger partial charge in [0.1, 0.15) is 5.69 Å². The number of rotatable bonds is 6. The van der Waals surface area contributed by atoms with Gasteiger partial charge < -0.3 is 10.4 Å². The van der Waals surface area contributed by atoms with Gasteiger partial charge in [0, 0.05) is 12.7 Å². The largest absolute Gasteiger partial charge is 0.391 e. The summed E-state index contributed by atoms with van der Waals surface area (Å²) >= 11 is 0. The summed E-state index contributed by atoms with van der Waals surface area (Å²) in [6.07, 6.45) is 7.06. The molecule has 0 aliphatic heterocycles. The lowest BCUT2D eigenvalue weighted by Crippen LogP contribution is -2.35. The molecule has 1 aromatic heterocycles. The van der Waals surface area contributed by atoms with Crippen molar-refractivity contribution >= 4 is 5.91 Å². The van der Waals surface area contributed by atoms with Crippen LogP contribution in [0.3, 0.4) is 0 Å². The fourth-order valence-corrected chi connectivity index (χ4v) is 2.59. The third kappa shape index (κ3) is 3.60. The van der Waals surface area contributed by atoms with E-state index in [1.54, 1.807) is 6.07 Å². The minimum Gasteiger partial charge on any atom is -0.391 e. The molecule has 5 nitrogen and oxygen atoms in total. The zero-order valence-electron chi connectivity index (χ0n) is 12.4. The molecule has 0 radical (unpaired) electrons. The highest BCUT2D eigenvalue weighted by Crippen LogP contribution is 2.28. The summed E-state index contributed by atoms with van der Waals surface area (Å²) in [5, 5.41) is 17.0. The Bertz CT molecular complexity index is 438. The summed E-state index contributed by atoms with van der Waals surface area (Å²) in [5.74, 6) is -0.0181. The van der Waals surface area contributed by atoms with Gasteiger partial charge in [0.25, 0.3) is 5.91 Å². The first-order valence-electron chi connectivity index (χ1n) is 7.63. The van der Waals surface area contributed by atoms with Crippen LogP contribution in [0.2, 0.25) is 0 Å². The minimum atomic E-state index is -0.499. The maximum Gasteiger partial charge on any atom is 0.271 e. The molecule has 1 fully saturated rings. The van der Waals surface area contributed by atoms with Gasteiger partial charge in [0.15, 0.2) is 0 Å². The van der Waals surface area contributed by atoms with Gasteiger partial charge >= 0.3 is 0 Å². The average Bonchev–Trinajstić information content (AvgIpc) is 3.12. The van der Waals surface area contributed by atoms with Crippen molar-refractivity contribution in [2.75, 3.05) is 6.54 Å². The van der Waals surface area contributed by atoms with Crippen molar-refractivity contribution < 1.29 is 9.90 Å². The second-order valence-corrected chi connectivity index (χ2v) is 5.78. The topological polar surface area (TPSA) is 67.2 Å². The van der Waals surface area contributed by atoms with E-state index in [9.17, 15) is 9.90 Å². The molecule has 0 spiro atoms. The molecule has 112 valence electrons. The lowest BCUT2D eigenvalue weighted by molar-refractivity contribution is 0.0845. The minimum absolute atomic E-state index is 0.186. The van der Waals surface area contributed by atoms with Gasteiger partial charge in [-0.2, -0.15) is 5.10 Å². The van der Waals surface area contributed by atoms with Crippen LogP contribution in [-0.4, -0.2) is 33.4 Å². The molecule has 1 heterocycles. The number of aliphatic hydroxyl groups is 1. The van der Waals surface area contributed by atoms with Gasteiger partial charge in [-0.1, -0.05) is 33.1 Å². The van der Waals surface area contributed by atoms with Gasteiger partial charge in [0.05, 0.1) is 12.1 Å². The van der Waals surface area contributed by atoms with Crippen LogP contribution >= 0.6 is 0 Å². The molecule has 0 saturated heterocycles. The van der Waals surface area contributed by atoms with Crippen molar-refractivity contribution in [2.24, 2.45) is 5.92 Å². The average molecular weight is 279 g/mol. The maximum atomic E-state index is 12.0. The Balaban J connectivity index is 1.86. The molecule has 0 aromatic carbocycles. The monoisotopic (exact) mass is 279 g/mol. The van der Waals surface area contributed by atoms with Crippen LogP contribution < -0.4 is 5.32 Å². The Hall–Kier alpha value is -1.36. The Labute approximate surface area is 120 Å². The van der Waals surface area contributed by atoms with E-state index in [1.807, 2.05) is 24.7 Å². The molecular formula is C15H25N3O2. The van der Waals surface area contributed by atoms with Gasteiger partial charge in [-0.05, 0) is 24.8 Å². The van der Waals surface area contributed by atoms with E-state index in [2.05, 4.69) is 10.4 Å².